The summed E-state index contributed by atoms with van der Waals surface area (Å²) in [6.45, 7) is 1.10. The number of nitrogens with one attached hydrogen (secondary N) is 1. The molecular formula is C14H17NO4. The lowest BCUT2D eigenvalue weighted by atomic mass is 10.1. The number of hydrogen-bond donors (Lipinski definition) is 1. The van der Waals surface area contributed by atoms with E-state index in [1.807, 2.05) is 0 Å². The third kappa shape index (κ3) is 3.32. The van der Waals surface area contributed by atoms with Crippen molar-refractivity contribution in [3.05, 3.63) is 29.8 Å². The van der Waals surface area contributed by atoms with E-state index in [1.165, 1.54) is 7.11 Å². The van der Waals surface area contributed by atoms with E-state index in [-0.39, 0.29) is 11.7 Å². The van der Waals surface area contributed by atoms with Gasteiger partial charge < -0.3 is 14.8 Å². The van der Waals surface area contributed by atoms with Gasteiger partial charge in [-0.1, -0.05) is 12.1 Å². The van der Waals surface area contributed by atoms with Crippen LogP contribution >= 0.6 is 0 Å². The Bertz CT molecular complexity index is 466. The van der Waals surface area contributed by atoms with E-state index in [0.717, 1.165) is 19.4 Å². The van der Waals surface area contributed by atoms with E-state index >= 15 is 0 Å². The maximum absolute atomic E-state index is 12.0. The molecule has 1 aliphatic heterocycles. The fourth-order valence-electron chi connectivity index (χ4n) is 2.05. The van der Waals surface area contributed by atoms with Crippen LogP contribution in [-0.4, -0.2) is 38.1 Å². The zero-order valence-corrected chi connectivity index (χ0v) is 10.8. The molecule has 1 fully saturated rings. The molecule has 0 spiro atoms. The third-order valence-corrected chi connectivity index (χ3v) is 3.07. The summed E-state index contributed by atoms with van der Waals surface area (Å²) in [5.74, 6) is -0.810. The van der Waals surface area contributed by atoms with Gasteiger partial charge in [-0.15, -0.1) is 0 Å². The highest BCUT2D eigenvalue weighted by atomic mass is 16.5. The Balaban J connectivity index is 1.96. The van der Waals surface area contributed by atoms with Gasteiger partial charge >= 0.3 is 0 Å². The summed E-state index contributed by atoms with van der Waals surface area (Å²) in [4.78, 5) is 23.8. The summed E-state index contributed by atoms with van der Waals surface area (Å²) in [6.07, 6.45) is 1.94. The smallest absolute Gasteiger partial charge is 0.292 e. The molecule has 19 heavy (non-hydrogen) atoms. The lowest BCUT2D eigenvalue weighted by Gasteiger charge is -2.11. The van der Waals surface area contributed by atoms with Gasteiger partial charge in [-0.05, 0) is 25.0 Å². The largest absolute Gasteiger partial charge is 0.496 e. The van der Waals surface area contributed by atoms with Crippen LogP contribution in [0.5, 0.6) is 5.75 Å². The molecule has 1 N–H and O–H groups in total. The van der Waals surface area contributed by atoms with E-state index in [1.54, 1.807) is 24.3 Å². The molecule has 1 aliphatic rings. The van der Waals surface area contributed by atoms with Crippen LogP contribution < -0.4 is 10.1 Å². The van der Waals surface area contributed by atoms with Crippen molar-refractivity contribution in [1.29, 1.82) is 0 Å². The van der Waals surface area contributed by atoms with Crippen LogP contribution in [-0.2, 0) is 9.53 Å². The number of methoxy groups -OCH3 is 1. The Hall–Kier alpha value is -1.88. The molecule has 0 aromatic heterocycles. The number of amides is 1. The van der Waals surface area contributed by atoms with Crippen LogP contribution in [0.2, 0.25) is 0 Å². The average molecular weight is 263 g/mol. The van der Waals surface area contributed by atoms with Crippen molar-refractivity contribution in [3.63, 3.8) is 0 Å². The number of hydrogen-bond acceptors (Lipinski definition) is 4. The summed E-state index contributed by atoms with van der Waals surface area (Å²) in [5, 5.41) is 2.61. The lowest BCUT2D eigenvalue weighted by Crippen LogP contribution is -2.36. The van der Waals surface area contributed by atoms with Crippen LogP contribution in [0.4, 0.5) is 0 Å². The highest BCUT2D eigenvalue weighted by molar-refractivity contribution is 6.43. The molecule has 1 saturated heterocycles. The minimum Gasteiger partial charge on any atom is -0.496 e. The zero-order chi connectivity index (χ0) is 13.7. The van der Waals surface area contributed by atoms with Crippen LogP contribution in [0, 0.1) is 0 Å². The normalized spacial score (nSPS) is 18.1. The van der Waals surface area contributed by atoms with Gasteiger partial charge in [-0.25, -0.2) is 0 Å². The van der Waals surface area contributed by atoms with Crippen LogP contribution in [0.15, 0.2) is 24.3 Å². The van der Waals surface area contributed by atoms with E-state index in [2.05, 4.69) is 5.32 Å². The lowest BCUT2D eigenvalue weighted by molar-refractivity contribution is -0.117. The first-order valence-corrected chi connectivity index (χ1v) is 6.29. The van der Waals surface area contributed by atoms with Crippen molar-refractivity contribution >= 4 is 11.7 Å². The second-order valence-electron chi connectivity index (χ2n) is 4.37. The molecule has 5 heteroatoms. The first-order valence-electron chi connectivity index (χ1n) is 6.29. The molecule has 1 amide bonds. The SMILES string of the molecule is COc1ccccc1C(=O)C(=O)NCC1CCCO1. The van der Waals surface area contributed by atoms with E-state index < -0.39 is 11.7 Å². The molecule has 0 aliphatic carbocycles. The predicted molar refractivity (Wildman–Crippen MR) is 69.3 cm³/mol. The van der Waals surface area contributed by atoms with Gasteiger partial charge in [0.05, 0.1) is 18.8 Å². The second-order valence-corrected chi connectivity index (χ2v) is 4.37. The highest BCUT2D eigenvalue weighted by Crippen LogP contribution is 2.18. The topological polar surface area (TPSA) is 64.6 Å². The van der Waals surface area contributed by atoms with Gasteiger partial charge in [-0.3, -0.25) is 9.59 Å². The zero-order valence-electron chi connectivity index (χ0n) is 10.8. The average Bonchev–Trinajstić information content (AvgIpc) is 2.97. The molecule has 5 nitrogen and oxygen atoms in total. The Labute approximate surface area is 111 Å². The van der Waals surface area contributed by atoms with E-state index in [4.69, 9.17) is 9.47 Å². The molecule has 1 unspecified atom stereocenters. The third-order valence-electron chi connectivity index (χ3n) is 3.07. The first kappa shape index (κ1) is 13.5. The standard InChI is InChI=1S/C14H17NO4/c1-18-12-7-3-2-6-11(12)13(16)14(17)15-9-10-5-4-8-19-10/h2-3,6-7,10H,4-5,8-9H2,1H3,(H,15,17). The molecular weight excluding hydrogens is 246 g/mol. The fourth-order valence-corrected chi connectivity index (χ4v) is 2.05. The Morgan fingerprint density at radius 3 is 2.89 bits per heavy atom. The van der Waals surface area contributed by atoms with Gasteiger partial charge in [0.25, 0.3) is 11.7 Å². The molecule has 0 radical (unpaired) electrons. The maximum atomic E-state index is 12.0. The van der Waals surface area contributed by atoms with E-state index in [0.29, 0.717) is 12.3 Å². The molecule has 0 bridgehead atoms. The Morgan fingerprint density at radius 1 is 1.42 bits per heavy atom. The Kier molecular flexibility index (Phi) is 4.52. The van der Waals surface area contributed by atoms with E-state index in [9.17, 15) is 9.59 Å². The van der Waals surface area contributed by atoms with Gasteiger partial charge in [0.2, 0.25) is 0 Å². The van der Waals surface area contributed by atoms with Crippen LogP contribution in [0.1, 0.15) is 23.2 Å². The summed E-state index contributed by atoms with van der Waals surface area (Å²) < 4.78 is 10.5. The molecule has 0 saturated carbocycles. The number of rotatable bonds is 5. The van der Waals surface area contributed by atoms with Crippen molar-refractivity contribution < 1.29 is 19.1 Å². The summed E-state index contributed by atoms with van der Waals surface area (Å²) in [7, 11) is 1.47. The summed E-state index contributed by atoms with van der Waals surface area (Å²) >= 11 is 0. The number of para-hydroxylation sites is 1. The minimum absolute atomic E-state index is 0.0226. The summed E-state index contributed by atoms with van der Waals surface area (Å²) in [6, 6.07) is 6.68. The first-order chi connectivity index (χ1) is 9.22. The molecule has 1 heterocycles. The summed E-state index contributed by atoms with van der Waals surface area (Å²) in [5.41, 5.74) is 0.273. The van der Waals surface area contributed by atoms with Crippen molar-refractivity contribution in [2.75, 3.05) is 20.3 Å². The monoisotopic (exact) mass is 263 g/mol. The second kappa shape index (κ2) is 6.33. The maximum Gasteiger partial charge on any atom is 0.292 e. The number of ether oxygens (including phenoxy) is 2. The van der Waals surface area contributed by atoms with Crippen LogP contribution in [0.3, 0.4) is 0 Å². The number of ketones is 1. The molecule has 102 valence electrons. The molecule has 1 atom stereocenters. The minimum atomic E-state index is -0.625. The van der Waals surface area contributed by atoms with Gasteiger partial charge in [0, 0.05) is 13.2 Å². The molecule has 1 aromatic carbocycles. The number of Topliss-reactive ketones (excluding diaryl/α,β-unsaturated/α-hetero) is 1. The van der Waals surface area contributed by atoms with Gasteiger partial charge in [0.1, 0.15) is 5.75 Å². The highest BCUT2D eigenvalue weighted by Gasteiger charge is 2.22. The van der Waals surface area contributed by atoms with Crippen molar-refractivity contribution in [1.82, 2.24) is 5.32 Å². The Morgan fingerprint density at radius 2 is 2.21 bits per heavy atom. The molecule has 2 rings (SSSR count). The van der Waals surface area contributed by atoms with Gasteiger partial charge in [-0.2, -0.15) is 0 Å². The van der Waals surface area contributed by atoms with Crippen molar-refractivity contribution in [2.24, 2.45) is 0 Å². The number of carbonyl (C=O) groups is 2. The van der Waals surface area contributed by atoms with Crippen LogP contribution in [0.25, 0.3) is 0 Å². The quantitative estimate of drug-likeness (QED) is 0.640. The molecule has 1 aromatic rings. The predicted octanol–water partition coefficient (Wildman–Crippen LogP) is 1.17. The van der Waals surface area contributed by atoms with Crippen molar-refractivity contribution in [2.45, 2.75) is 18.9 Å². The fraction of sp³-hybridized carbons (Fsp3) is 0.429. The number of carbonyl (C=O) groups excluding carboxylic acids is 2. The number of benzene rings is 1. The van der Waals surface area contributed by atoms with Gasteiger partial charge in [0.15, 0.2) is 0 Å². The van der Waals surface area contributed by atoms with Crippen molar-refractivity contribution in [3.8, 4) is 5.75 Å².